The van der Waals surface area contributed by atoms with Gasteiger partial charge in [0.15, 0.2) is 11.9 Å². The van der Waals surface area contributed by atoms with Crippen molar-refractivity contribution in [3.63, 3.8) is 0 Å². The minimum atomic E-state index is 1.15. The first-order valence-corrected chi connectivity index (χ1v) is 3.92. The van der Waals surface area contributed by atoms with E-state index >= 15 is 0 Å². The van der Waals surface area contributed by atoms with Crippen LogP contribution in [0.5, 0.6) is 0 Å². The number of hydrogen-bond donors (Lipinski definition) is 1. The Labute approximate surface area is 69.8 Å². The van der Waals surface area contributed by atoms with Gasteiger partial charge in [-0.2, -0.15) is 0 Å². The van der Waals surface area contributed by atoms with Crippen LogP contribution in [-0.4, -0.2) is 24.1 Å². The number of nitrogens with zero attached hydrogens (tertiary/aromatic N) is 1. The highest BCUT2D eigenvalue weighted by atomic mass is 15.0. The maximum atomic E-state index is 6.75. The molecular weight excluding hydrogens is 136 g/mol. The zero-order chi connectivity index (χ0) is 9.28. The first-order valence-electron chi connectivity index (χ1n) is 3.92. The van der Waals surface area contributed by atoms with Gasteiger partial charge >= 0.3 is 0 Å². The summed E-state index contributed by atoms with van der Waals surface area (Å²) in [4.78, 5) is 0. The molecule has 0 fully saturated rings. The monoisotopic (exact) mass is 155 g/mol. The molecule has 0 aromatic heterocycles. The van der Waals surface area contributed by atoms with E-state index in [2.05, 4.69) is 0 Å². The lowest BCUT2D eigenvalue weighted by Crippen LogP contribution is -2.03. The minimum absolute atomic E-state index is 1.15. The SMILES string of the molecule is C/C=C(/C)[N+](C)=CC=N.CC. The first-order chi connectivity index (χ1) is 5.22. The summed E-state index contributed by atoms with van der Waals surface area (Å²) in [6, 6.07) is 0. The maximum Gasteiger partial charge on any atom is 0.186 e. The van der Waals surface area contributed by atoms with Crippen molar-refractivity contribution in [2.45, 2.75) is 27.7 Å². The third-order valence-corrected chi connectivity index (χ3v) is 1.27. The summed E-state index contributed by atoms with van der Waals surface area (Å²) in [7, 11) is 1.92. The Balaban J connectivity index is 0. The average molecular weight is 155 g/mol. The summed E-state index contributed by atoms with van der Waals surface area (Å²) in [5.41, 5.74) is 1.15. The van der Waals surface area contributed by atoms with Gasteiger partial charge in [0.2, 0.25) is 0 Å². The molecule has 0 saturated heterocycles. The van der Waals surface area contributed by atoms with Crippen molar-refractivity contribution in [3.8, 4) is 0 Å². The van der Waals surface area contributed by atoms with E-state index in [1.165, 1.54) is 6.21 Å². The Kier molecular flexibility index (Phi) is 10.5. The molecule has 1 N–H and O–H groups in total. The summed E-state index contributed by atoms with van der Waals surface area (Å²) in [5, 5.41) is 6.75. The van der Waals surface area contributed by atoms with Crippen LogP contribution in [0.1, 0.15) is 27.7 Å². The van der Waals surface area contributed by atoms with Crippen LogP contribution in [0.4, 0.5) is 0 Å². The van der Waals surface area contributed by atoms with E-state index < -0.39 is 0 Å². The molecule has 0 spiro atoms. The molecule has 2 heteroatoms. The second-order valence-electron chi connectivity index (χ2n) is 1.86. The summed E-state index contributed by atoms with van der Waals surface area (Å²) >= 11 is 0. The van der Waals surface area contributed by atoms with Gasteiger partial charge in [-0.05, 0) is 13.0 Å². The van der Waals surface area contributed by atoms with Gasteiger partial charge in [0.05, 0.1) is 6.21 Å². The van der Waals surface area contributed by atoms with Gasteiger partial charge in [-0.25, -0.2) is 4.58 Å². The Bertz CT molecular complexity index is 155. The third-order valence-electron chi connectivity index (χ3n) is 1.27. The van der Waals surface area contributed by atoms with Crippen LogP contribution in [0, 0.1) is 5.41 Å². The number of nitrogens with one attached hydrogen (secondary N) is 1. The fourth-order valence-corrected chi connectivity index (χ4v) is 0.433. The summed E-state index contributed by atoms with van der Waals surface area (Å²) in [5.74, 6) is 0. The molecular formula is C9H19N2+. The fourth-order valence-electron chi connectivity index (χ4n) is 0.433. The third kappa shape index (κ3) is 6.97. The molecule has 0 amide bonds. The Morgan fingerprint density at radius 3 is 2.09 bits per heavy atom. The van der Waals surface area contributed by atoms with Crippen molar-refractivity contribution < 1.29 is 4.58 Å². The second-order valence-corrected chi connectivity index (χ2v) is 1.86. The number of hydrogen-bond acceptors (Lipinski definition) is 1. The molecule has 2 nitrogen and oxygen atoms in total. The van der Waals surface area contributed by atoms with Crippen molar-refractivity contribution in [1.82, 2.24) is 0 Å². The lowest BCUT2D eigenvalue weighted by Gasteiger charge is -1.89. The van der Waals surface area contributed by atoms with Crippen molar-refractivity contribution in [2.75, 3.05) is 7.05 Å². The standard InChI is InChI=1S/C7H13N2.C2H6/c1-4-7(2)9(3)6-5-8;1-2/h4-6,8H,1-3H3;1-2H3/q+1;/b7-4-,8-5?,9-6?;. The fraction of sp³-hybridized carbons (Fsp3) is 0.556. The van der Waals surface area contributed by atoms with E-state index in [1.54, 1.807) is 6.21 Å². The van der Waals surface area contributed by atoms with Crippen LogP contribution in [-0.2, 0) is 0 Å². The van der Waals surface area contributed by atoms with E-state index in [4.69, 9.17) is 5.41 Å². The highest BCUT2D eigenvalue weighted by Gasteiger charge is 1.93. The van der Waals surface area contributed by atoms with Crippen molar-refractivity contribution >= 4 is 12.4 Å². The number of allylic oxidation sites excluding steroid dienone is 2. The molecule has 64 valence electrons. The summed E-state index contributed by atoms with van der Waals surface area (Å²) in [6.07, 6.45) is 4.97. The van der Waals surface area contributed by atoms with E-state index in [9.17, 15) is 0 Å². The number of rotatable bonds is 2. The lowest BCUT2D eigenvalue weighted by molar-refractivity contribution is -0.436. The van der Waals surface area contributed by atoms with Crippen LogP contribution < -0.4 is 0 Å². The normalized spacial score (nSPS) is 11.7. The molecule has 0 bridgehead atoms. The van der Waals surface area contributed by atoms with Crippen LogP contribution >= 0.6 is 0 Å². The van der Waals surface area contributed by atoms with Crippen LogP contribution in [0.2, 0.25) is 0 Å². The largest absolute Gasteiger partial charge is 0.303 e. The summed E-state index contributed by atoms with van der Waals surface area (Å²) in [6.45, 7) is 7.98. The topological polar surface area (TPSA) is 26.9 Å². The molecule has 0 heterocycles. The quantitative estimate of drug-likeness (QED) is 0.468. The molecule has 0 aliphatic heterocycles. The molecule has 0 aromatic carbocycles. The molecule has 11 heavy (non-hydrogen) atoms. The van der Waals surface area contributed by atoms with Crippen molar-refractivity contribution in [3.05, 3.63) is 11.8 Å². The molecule has 0 atom stereocenters. The molecule has 0 aromatic rings. The van der Waals surface area contributed by atoms with Crippen molar-refractivity contribution in [2.24, 2.45) is 0 Å². The van der Waals surface area contributed by atoms with Gasteiger partial charge in [0.1, 0.15) is 7.05 Å². The minimum Gasteiger partial charge on any atom is -0.303 e. The molecule has 0 radical (unpaired) electrons. The van der Waals surface area contributed by atoms with E-state index in [0.29, 0.717) is 0 Å². The predicted octanol–water partition coefficient (Wildman–Crippen LogP) is 2.30. The molecule has 0 rings (SSSR count). The molecule has 0 saturated carbocycles. The van der Waals surface area contributed by atoms with Gasteiger partial charge < -0.3 is 5.41 Å². The van der Waals surface area contributed by atoms with Gasteiger partial charge in [-0.1, -0.05) is 13.8 Å². The van der Waals surface area contributed by atoms with Crippen molar-refractivity contribution in [1.29, 1.82) is 5.41 Å². The van der Waals surface area contributed by atoms with Crippen LogP contribution in [0.3, 0.4) is 0 Å². The van der Waals surface area contributed by atoms with Gasteiger partial charge in [-0.3, -0.25) is 0 Å². The van der Waals surface area contributed by atoms with Gasteiger partial charge in [0.25, 0.3) is 0 Å². The Morgan fingerprint density at radius 1 is 1.36 bits per heavy atom. The predicted molar refractivity (Wildman–Crippen MR) is 51.8 cm³/mol. The van der Waals surface area contributed by atoms with E-state index in [0.717, 1.165) is 5.70 Å². The molecule has 0 unspecified atom stereocenters. The maximum absolute atomic E-state index is 6.75. The van der Waals surface area contributed by atoms with Crippen LogP contribution in [0.15, 0.2) is 11.8 Å². The lowest BCUT2D eigenvalue weighted by atomic mass is 10.4. The smallest absolute Gasteiger partial charge is 0.186 e. The zero-order valence-electron chi connectivity index (χ0n) is 8.18. The second kappa shape index (κ2) is 9.08. The van der Waals surface area contributed by atoms with E-state index in [1.807, 2.05) is 45.4 Å². The van der Waals surface area contributed by atoms with E-state index in [-0.39, 0.29) is 0 Å². The molecule has 0 aliphatic rings. The van der Waals surface area contributed by atoms with Crippen LogP contribution in [0.25, 0.3) is 0 Å². The Hall–Kier alpha value is -0.920. The highest BCUT2D eigenvalue weighted by molar-refractivity contribution is 6.11. The van der Waals surface area contributed by atoms with Gasteiger partial charge in [0, 0.05) is 6.92 Å². The average Bonchev–Trinajstić information content (AvgIpc) is 2.07. The highest BCUT2D eigenvalue weighted by Crippen LogP contribution is 1.88. The van der Waals surface area contributed by atoms with Gasteiger partial charge in [-0.15, -0.1) is 0 Å². The first kappa shape index (κ1) is 12.7. The molecule has 0 aliphatic carbocycles. The summed E-state index contributed by atoms with van der Waals surface area (Å²) < 4.78 is 1.90. The Morgan fingerprint density at radius 2 is 1.82 bits per heavy atom. The zero-order valence-corrected chi connectivity index (χ0v) is 8.18.